The lowest BCUT2D eigenvalue weighted by atomic mass is 10.5. The van der Waals surface area contributed by atoms with Crippen LogP contribution in [0.5, 0.6) is 0 Å². The van der Waals surface area contributed by atoms with Gasteiger partial charge in [0.05, 0.1) is 12.8 Å². The van der Waals surface area contributed by atoms with Crippen LogP contribution in [0.4, 0.5) is 15.0 Å². The minimum atomic E-state index is -1.01. The number of rotatable bonds is 3. The van der Waals surface area contributed by atoms with Crippen molar-refractivity contribution in [3.05, 3.63) is 22.5 Å². The van der Waals surface area contributed by atoms with E-state index in [1.807, 2.05) is 0 Å². The van der Waals surface area contributed by atoms with Crippen molar-refractivity contribution in [1.82, 2.24) is 9.55 Å². The summed E-state index contributed by atoms with van der Waals surface area (Å²) >= 11 is 5.36. The first-order valence-electron chi connectivity index (χ1n) is 4.34. The molecule has 0 saturated carbocycles. The molecule has 0 aliphatic carbocycles. The number of hydrogen-bond donors (Lipinski definition) is 1. The zero-order valence-corrected chi connectivity index (χ0v) is 8.91. The Hall–Kier alpha value is -1.63. The average molecular weight is 250 g/mol. The highest BCUT2D eigenvalue weighted by molar-refractivity contribution is 6.17. The molecule has 1 rings (SSSR count). The second-order valence-corrected chi connectivity index (χ2v) is 3.16. The Morgan fingerprint density at radius 1 is 1.69 bits per heavy atom. The van der Waals surface area contributed by atoms with Crippen molar-refractivity contribution in [2.75, 3.05) is 18.2 Å². The van der Waals surface area contributed by atoms with Gasteiger partial charge in [0.1, 0.15) is 0 Å². The predicted octanol–water partition coefficient (Wildman–Crippen LogP) is 0.578. The van der Waals surface area contributed by atoms with E-state index in [0.717, 1.165) is 0 Å². The van der Waals surface area contributed by atoms with Crippen molar-refractivity contribution < 1.29 is 13.9 Å². The number of halogens is 2. The first-order valence-corrected chi connectivity index (χ1v) is 4.87. The third-order valence-electron chi connectivity index (χ3n) is 1.61. The fourth-order valence-corrected chi connectivity index (χ4v) is 0.968. The Labute approximate surface area is 94.8 Å². The summed E-state index contributed by atoms with van der Waals surface area (Å²) < 4.78 is 18.0. The van der Waals surface area contributed by atoms with E-state index in [-0.39, 0.29) is 6.61 Å². The molecule has 0 bridgehead atoms. The number of ether oxygens (including phenoxy) is 1. The highest BCUT2D eigenvalue weighted by Gasteiger charge is 2.12. The fraction of sp³-hybridized carbons (Fsp3) is 0.375. The van der Waals surface area contributed by atoms with Crippen LogP contribution < -0.4 is 11.4 Å². The summed E-state index contributed by atoms with van der Waals surface area (Å²) in [4.78, 5) is 25.5. The van der Waals surface area contributed by atoms with Crippen LogP contribution in [0.2, 0.25) is 0 Å². The Balaban J connectivity index is 2.84. The molecular formula is C8H9ClFN3O3. The molecule has 6 nitrogen and oxygen atoms in total. The summed E-state index contributed by atoms with van der Waals surface area (Å²) in [5, 5.41) is 0. The van der Waals surface area contributed by atoms with Crippen LogP contribution in [-0.2, 0) is 4.74 Å². The lowest BCUT2D eigenvalue weighted by Gasteiger charge is -2.05. The van der Waals surface area contributed by atoms with Gasteiger partial charge < -0.3 is 10.5 Å². The van der Waals surface area contributed by atoms with Crippen LogP contribution in [0.3, 0.4) is 0 Å². The average Bonchev–Trinajstić information content (AvgIpc) is 2.23. The van der Waals surface area contributed by atoms with E-state index in [2.05, 4.69) is 9.72 Å². The molecule has 88 valence electrons. The molecule has 2 N–H and O–H groups in total. The van der Waals surface area contributed by atoms with Gasteiger partial charge in [-0.1, -0.05) is 0 Å². The summed E-state index contributed by atoms with van der Waals surface area (Å²) in [5.74, 6) is -1.21. The second kappa shape index (κ2) is 5.45. The molecule has 0 saturated heterocycles. The van der Waals surface area contributed by atoms with Gasteiger partial charge in [0, 0.05) is 5.88 Å². The molecule has 1 aromatic heterocycles. The normalized spacial score (nSPS) is 10.1. The Morgan fingerprint density at radius 2 is 2.38 bits per heavy atom. The molecule has 0 amide bonds. The number of nitrogens with zero attached hydrogens (tertiary/aromatic N) is 2. The predicted molar refractivity (Wildman–Crippen MR) is 55.0 cm³/mol. The van der Waals surface area contributed by atoms with Crippen molar-refractivity contribution in [2.45, 2.75) is 6.42 Å². The van der Waals surface area contributed by atoms with Gasteiger partial charge in [-0.15, -0.1) is 11.6 Å². The molecule has 0 spiro atoms. The van der Waals surface area contributed by atoms with E-state index in [9.17, 15) is 14.0 Å². The summed E-state index contributed by atoms with van der Waals surface area (Å²) in [5.41, 5.74) is 4.05. The Morgan fingerprint density at radius 3 is 3.00 bits per heavy atom. The first kappa shape index (κ1) is 12.4. The maximum absolute atomic E-state index is 12.9. The molecule has 0 aliphatic rings. The molecule has 0 atom stereocenters. The van der Waals surface area contributed by atoms with Crippen molar-refractivity contribution in [3.8, 4) is 0 Å². The van der Waals surface area contributed by atoms with Crippen molar-refractivity contribution in [1.29, 1.82) is 0 Å². The maximum atomic E-state index is 12.9. The molecule has 0 aliphatic heterocycles. The lowest BCUT2D eigenvalue weighted by Crippen LogP contribution is -2.31. The van der Waals surface area contributed by atoms with Crippen LogP contribution in [-0.4, -0.2) is 28.1 Å². The smallest absolute Gasteiger partial charge is 0.422 e. The zero-order chi connectivity index (χ0) is 12.1. The van der Waals surface area contributed by atoms with Crippen LogP contribution in [0.25, 0.3) is 0 Å². The van der Waals surface area contributed by atoms with E-state index in [1.165, 1.54) is 0 Å². The molecule has 0 fully saturated rings. The van der Waals surface area contributed by atoms with Crippen molar-refractivity contribution in [2.24, 2.45) is 0 Å². The van der Waals surface area contributed by atoms with Gasteiger partial charge in [-0.3, -0.25) is 0 Å². The molecule has 16 heavy (non-hydrogen) atoms. The van der Waals surface area contributed by atoms with Gasteiger partial charge in [-0.2, -0.15) is 9.55 Å². The van der Waals surface area contributed by atoms with Crippen molar-refractivity contribution >= 4 is 23.5 Å². The van der Waals surface area contributed by atoms with E-state index in [1.54, 1.807) is 0 Å². The van der Waals surface area contributed by atoms with Gasteiger partial charge >= 0.3 is 11.8 Å². The van der Waals surface area contributed by atoms with E-state index in [4.69, 9.17) is 17.3 Å². The topological polar surface area (TPSA) is 87.2 Å². The van der Waals surface area contributed by atoms with Crippen molar-refractivity contribution in [3.63, 3.8) is 0 Å². The monoisotopic (exact) mass is 249 g/mol. The summed E-state index contributed by atoms with van der Waals surface area (Å²) in [6.07, 6.45) is 0.0576. The molecule has 0 radical (unpaired) electrons. The third kappa shape index (κ3) is 2.93. The molecule has 1 aromatic rings. The molecule has 0 unspecified atom stereocenters. The number of nitrogen functional groups attached to an aromatic ring is 1. The molecular weight excluding hydrogens is 241 g/mol. The highest BCUT2D eigenvalue weighted by atomic mass is 35.5. The third-order valence-corrected chi connectivity index (χ3v) is 1.88. The standard InChI is InChI=1S/C8H9ClFN3O3/c9-2-1-3-16-8(15)13-4-5(10)6(11)12-7(13)14/h4H,1-3H2,(H2,11,12,14). The number of anilines is 1. The van der Waals surface area contributed by atoms with Crippen LogP contribution in [0, 0.1) is 5.82 Å². The molecule has 8 heteroatoms. The number of aromatic nitrogens is 2. The van der Waals surface area contributed by atoms with E-state index in [0.29, 0.717) is 23.1 Å². The van der Waals surface area contributed by atoms with E-state index >= 15 is 0 Å². The lowest BCUT2D eigenvalue weighted by molar-refractivity contribution is 0.146. The minimum Gasteiger partial charge on any atom is -0.449 e. The highest BCUT2D eigenvalue weighted by Crippen LogP contribution is 2.01. The van der Waals surface area contributed by atoms with Gasteiger partial charge in [0.15, 0.2) is 11.6 Å². The number of nitrogens with two attached hydrogens (primary N) is 1. The zero-order valence-electron chi connectivity index (χ0n) is 8.15. The number of carbonyl (C=O) groups is 1. The summed E-state index contributed by atoms with van der Waals surface area (Å²) in [6.45, 7) is 0.0424. The number of carbonyl (C=O) groups excluding carboxylic acids is 1. The SMILES string of the molecule is Nc1nc(=O)n(C(=O)OCCCCl)cc1F. The quantitative estimate of drug-likeness (QED) is 0.625. The first-order chi connectivity index (χ1) is 7.56. The Kier molecular flexibility index (Phi) is 4.24. The van der Waals surface area contributed by atoms with E-state index < -0.39 is 23.4 Å². The number of hydrogen-bond acceptors (Lipinski definition) is 5. The Bertz CT molecular complexity index is 449. The van der Waals surface area contributed by atoms with Crippen LogP contribution in [0.15, 0.2) is 11.0 Å². The molecule has 0 aromatic carbocycles. The van der Waals surface area contributed by atoms with Gasteiger partial charge in [0.25, 0.3) is 0 Å². The molecule has 1 heterocycles. The number of alkyl halides is 1. The van der Waals surface area contributed by atoms with Gasteiger partial charge in [-0.25, -0.2) is 14.0 Å². The van der Waals surface area contributed by atoms with Crippen LogP contribution >= 0.6 is 11.6 Å². The van der Waals surface area contributed by atoms with Gasteiger partial charge in [0.2, 0.25) is 0 Å². The second-order valence-electron chi connectivity index (χ2n) is 2.78. The summed E-state index contributed by atoms with van der Waals surface area (Å²) in [6, 6.07) is 0. The minimum absolute atomic E-state index is 0.0424. The fourth-order valence-electron chi connectivity index (χ4n) is 0.859. The van der Waals surface area contributed by atoms with Crippen LogP contribution in [0.1, 0.15) is 6.42 Å². The largest absolute Gasteiger partial charge is 0.449 e. The summed E-state index contributed by atoms with van der Waals surface area (Å²) in [7, 11) is 0. The van der Waals surface area contributed by atoms with Gasteiger partial charge in [-0.05, 0) is 6.42 Å². The maximum Gasteiger partial charge on any atom is 0.422 e.